The first-order chi connectivity index (χ1) is 13.4. The predicted molar refractivity (Wildman–Crippen MR) is 104 cm³/mol. The molecule has 0 bridgehead atoms. The van der Waals surface area contributed by atoms with Gasteiger partial charge in [0.25, 0.3) is 0 Å². The number of rotatable bonds is 6. The Labute approximate surface area is 162 Å². The number of nitrogens with zero attached hydrogens (tertiary/aromatic N) is 3. The molecule has 0 aliphatic heterocycles. The fourth-order valence-corrected chi connectivity index (χ4v) is 3.02. The summed E-state index contributed by atoms with van der Waals surface area (Å²) in [4.78, 5) is 23.0. The Morgan fingerprint density at radius 3 is 2.39 bits per heavy atom. The largest absolute Gasteiger partial charge is 0.457 e. The maximum absolute atomic E-state index is 12.3. The van der Waals surface area contributed by atoms with Crippen LogP contribution in [0.4, 0.5) is 5.69 Å². The summed E-state index contributed by atoms with van der Waals surface area (Å²) in [6.07, 6.45) is 0. The molecule has 144 valence electrons. The predicted octanol–water partition coefficient (Wildman–Crippen LogP) is 4.12. The van der Waals surface area contributed by atoms with Crippen molar-refractivity contribution >= 4 is 11.7 Å². The molecule has 1 heterocycles. The van der Waals surface area contributed by atoms with Crippen molar-refractivity contribution in [2.24, 2.45) is 0 Å². The van der Waals surface area contributed by atoms with Gasteiger partial charge in [-0.25, -0.2) is 4.79 Å². The molecule has 0 unspecified atom stereocenters. The van der Waals surface area contributed by atoms with Crippen LogP contribution in [0.5, 0.6) is 0 Å². The van der Waals surface area contributed by atoms with Crippen molar-refractivity contribution < 1.29 is 14.5 Å². The maximum Gasteiger partial charge on any atom is 0.338 e. The third kappa shape index (κ3) is 4.09. The van der Waals surface area contributed by atoms with Crippen LogP contribution in [-0.2, 0) is 17.9 Å². The number of esters is 1. The Balaban J connectivity index is 1.67. The van der Waals surface area contributed by atoms with Gasteiger partial charge in [-0.3, -0.25) is 14.8 Å². The maximum atomic E-state index is 12.3. The van der Waals surface area contributed by atoms with Crippen molar-refractivity contribution in [3.63, 3.8) is 0 Å². The van der Waals surface area contributed by atoms with E-state index >= 15 is 0 Å². The van der Waals surface area contributed by atoms with Gasteiger partial charge in [0.15, 0.2) is 0 Å². The Hall–Kier alpha value is -3.48. The van der Waals surface area contributed by atoms with Gasteiger partial charge < -0.3 is 4.74 Å². The summed E-state index contributed by atoms with van der Waals surface area (Å²) < 4.78 is 6.98. The third-order valence-corrected chi connectivity index (χ3v) is 4.67. The summed E-state index contributed by atoms with van der Waals surface area (Å²) in [5.74, 6) is -0.392. The molecule has 0 fully saturated rings. The van der Waals surface area contributed by atoms with E-state index in [1.54, 1.807) is 42.8 Å². The minimum absolute atomic E-state index is 0.0383. The van der Waals surface area contributed by atoms with Gasteiger partial charge in [0, 0.05) is 0 Å². The molecule has 0 saturated heterocycles. The second kappa shape index (κ2) is 8.04. The topological polar surface area (TPSA) is 87.3 Å². The highest BCUT2D eigenvalue weighted by atomic mass is 16.6. The second-order valence-electron chi connectivity index (χ2n) is 6.63. The molecule has 7 nitrogen and oxygen atoms in total. The molecule has 7 heteroatoms. The molecule has 3 rings (SSSR count). The minimum atomic E-state index is -0.415. The van der Waals surface area contributed by atoms with Gasteiger partial charge in [-0.2, -0.15) is 5.10 Å². The van der Waals surface area contributed by atoms with Crippen molar-refractivity contribution in [3.05, 3.63) is 92.3 Å². The fraction of sp³-hybridized carbons (Fsp3) is 0.238. The van der Waals surface area contributed by atoms with E-state index in [4.69, 9.17) is 4.74 Å². The standard InChI is InChI=1S/C21H21N3O4/c1-14-6-4-5-7-19(14)13-28-21(25)18-10-8-17(9-11-18)12-23-16(3)20(24(26)27)15(2)22-23/h4-11H,12-13H2,1-3H3. The third-order valence-electron chi connectivity index (χ3n) is 4.67. The van der Waals surface area contributed by atoms with Gasteiger partial charge >= 0.3 is 11.7 Å². The van der Waals surface area contributed by atoms with Gasteiger partial charge in [-0.05, 0) is 49.6 Å². The van der Waals surface area contributed by atoms with Crippen LogP contribution in [0.1, 0.15) is 38.4 Å². The van der Waals surface area contributed by atoms with Crippen LogP contribution in [-0.4, -0.2) is 20.7 Å². The lowest BCUT2D eigenvalue weighted by molar-refractivity contribution is -0.386. The normalized spacial score (nSPS) is 10.7. The SMILES string of the molecule is Cc1ccccc1COC(=O)c1ccc(Cn2nc(C)c([N+](=O)[O-])c2C)cc1. The zero-order valence-electron chi connectivity index (χ0n) is 16.0. The first-order valence-electron chi connectivity index (χ1n) is 8.85. The highest BCUT2D eigenvalue weighted by Gasteiger charge is 2.21. The number of aromatic nitrogens is 2. The molecule has 0 amide bonds. The van der Waals surface area contributed by atoms with E-state index in [9.17, 15) is 14.9 Å². The number of aryl methyl sites for hydroxylation is 2. The molecule has 2 aromatic carbocycles. The fourth-order valence-electron chi connectivity index (χ4n) is 3.02. The van der Waals surface area contributed by atoms with Crippen molar-refractivity contribution in [2.45, 2.75) is 33.9 Å². The van der Waals surface area contributed by atoms with Crippen molar-refractivity contribution in [3.8, 4) is 0 Å². The van der Waals surface area contributed by atoms with Crippen LogP contribution in [0, 0.1) is 30.9 Å². The molecule has 0 radical (unpaired) electrons. The van der Waals surface area contributed by atoms with Crippen LogP contribution < -0.4 is 0 Å². The van der Waals surface area contributed by atoms with Crippen LogP contribution in [0.3, 0.4) is 0 Å². The molecule has 0 aliphatic rings. The molecule has 0 spiro atoms. The van der Waals surface area contributed by atoms with Gasteiger partial charge in [-0.1, -0.05) is 36.4 Å². The Bertz CT molecular complexity index is 1020. The number of hydrogen-bond donors (Lipinski definition) is 0. The number of hydrogen-bond acceptors (Lipinski definition) is 5. The van der Waals surface area contributed by atoms with E-state index in [1.807, 2.05) is 31.2 Å². The number of nitro groups is 1. The molecular formula is C21H21N3O4. The quantitative estimate of drug-likeness (QED) is 0.365. The van der Waals surface area contributed by atoms with Gasteiger partial charge in [0.1, 0.15) is 18.0 Å². The van der Waals surface area contributed by atoms with Crippen molar-refractivity contribution in [1.29, 1.82) is 0 Å². The summed E-state index contributed by atoms with van der Waals surface area (Å²) in [6.45, 7) is 5.88. The Morgan fingerprint density at radius 1 is 1.11 bits per heavy atom. The first-order valence-corrected chi connectivity index (χ1v) is 8.85. The monoisotopic (exact) mass is 379 g/mol. The first kappa shape index (κ1) is 19.3. The lowest BCUT2D eigenvalue weighted by Gasteiger charge is -2.08. The average molecular weight is 379 g/mol. The Morgan fingerprint density at radius 2 is 1.79 bits per heavy atom. The molecule has 0 atom stereocenters. The van der Waals surface area contributed by atoms with Crippen LogP contribution in [0.2, 0.25) is 0 Å². The summed E-state index contributed by atoms with van der Waals surface area (Å²) >= 11 is 0. The number of carbonyl (C=O) groups excluding carboxylic acids is 1. The summed E-state index contributed by atoms with van der Waals surface area (Å²) in [5, 5.41) is 15.4. The van der Waals surface area contributed by atoms with Crippen molar-refractivity contribution in [2.75, 3.05) is 0 Å². The Kier molecular flexibility index (Phi) is 5.54. The summed E-state index contributed by atoms with van der Waals surface area (Å²) in [7, 11) is 0. The van der Waals surface area contributed by atoms with Gasteiger partial charge in [0.2, 0.25) is 0 Å². The smallest absolute Gasteiger partial charge is 0.338 e. The van der Waals surface area contributed by atoms with E-state index < -0.39 is 10.9 Å². The van der Waals surface area contributed by atoms with E-state index in [-0.39, 0.29) is 12.3 Å². The molecule has 1 aromatic heterocycles. The van der Waals surface area contributed by atoms with Crippen molar-refractivity contribution in [1.82, 2.24) is 9.78 Å². The van der Waals surface area contributed by atoms with E-state index in [0.29, 0.717) is 23.5 Å². The molecule has 3 aromatic rings. The number of benzene rings is 2. The highest BCUT2D eigenvalue weighted by Crippen LogP contribution is 2.22. The summed E-state index contributed by atoms with van der Waals surface area (Å²) in [6, 6.07) is 14.7. The second-order valence-corrected chi connectivity index (χ2v) is 6.63. The lowest BCUT2D eigenvalue weighted by Crippen LogP contribution is -2.07. The minimum Gasteiger partial charge on any atom is -0.457 e. The lowest BCUT2D eigenvalue weighted by atomic mass is 10.1. The van der Waals surface area contributed by atoms with E-state index in [0.717, 1.165) is 16.7 Å². The molecular weight excluding hydrogens is 358 g/mol. The summed E-state index contributed by atoms with van der Waals surface area (Å²) in [5.41, 5.74) is 4.32. The highest BCUT2D eigenvalue weighted by molar-refractivity contribution is 5.89. The van der Waals surface area contributed by atoms with E-state index in [2.05, 4.69) is 5.10 Å². The van der Waals surface area contributed by atoms with Crippen LogP contribution in [0.15, 0.2) is 48.5 Å². The number of carbonyl (C=O) groups is 1. The van der Waals surface area contributed by atoms with Crippen LogP contribution in [0.25, 0.3) is 0 Å². The number of ether oxygens (including phenoxy) is 1. The van der Waals surface area contributed by atoms with Crippen LogP contribution >= 0.6 is 0 Å². The van der Waals surface area contributed by atoms with E-state index in [1.165, 1.54) is 0 Å². The van der Waals surface area contributed by atoms with Gasteiger partial charge in [0.05, 0.1) is 17.0 Å². The van der Waals surface area contributed by atoms with Gasteiger partial charge in [-0.15, -0.1) is 0 Å². The average Bonchev–Trinajstić information content (AvgIpc) is 2.94. The molecule has 0 aliphatic carbocycles. The molecule has 28 heavy (non-hydrogen) atoms. The zero-order chi connectivity index (χ0) is 20.3. The molecule has 0 saturated carbocycles. The zero-order valence-corrected chi connectivity index (χ0v) is 16.0. The molecule has 0 N–H and O–H groups in total.